The van der Waals surface area contributed by atoms with Gasteiger partial charge in [-0.15, -0.1) is 0 Å². The van der Waals surface area contributed by atoms with Crippen molar-refractivity contribution in [3.05, 3.63) is 71.1 Å². The van der Waals surface area contributed by atoms with Crippen LogP contribution in [0.4, 0.5) is 0 Å². The Morgan fingerprint density at radius 2 is 2.05 bits per heavy atom. The van der Waals surface area contributed by atoms with Crippen molar-refractivity contribution in [3.8, 4) is 0 Å². The zero-order valence-electron chi connectivity index (χ0n) is 12.0. The van der Waals surface area contributed by atoms with Gasteiger partial charge >= 0.3 is 0 Å². The molecule has 0 radical (unpaired) electrons. The Balaban J connectivity index is 1.53. The lowest BCUT2D eigenvalue weighted by molar-refractivity contribution is -0.121. The zero-order chi connectivity index (χ0) is 15.4. The van der Waals surface area contributed by atoms with Gasteiger partial charge in [0.1, 0.15) is 5.65 Å². The molecule has 112 valence electrons. The number of halogens is 1. The van der Waals surface area contributed by atoms with E-state index in [1.165, 1.54) is 5.56 Å². The van der Waals surface area contributed by atoms with Crippen LogP contribution in [-0.4, -0.2) is 15.3 Å². The lowest BCUT2D eigenvalue weighted by Gasteiger charge is -2.03. The first-order valence-corrected chi connectivity index (χ1v) is 7.52. The molecule has 0 saturated heterocycles. The molecule has 3 aromatic rings. The second-order valence-electron chi connectivity index (χ2n) is 5.10. The van der Waals surface area contributed by atoms with Gasteiger partial charge in [-0.1, -0.05) is 41.9 Å². The van der Waals surface area contributed by atoms with Gasteiger partial charge in [0.2, 0.25) is 5.91 Å². The van der Waals surface area contributed by atoms with E-state index in [-0.39, 0.29) is 5.91 Å². The van der Waals surface area contributed by atoms with E-state index < -0.39 is 0 Å². The number of hydrogen-bond donors (Lipinski definition) is 1. The van der Waals surface area contributed by atoms with Gasteiger partial charge in [0.25, 0.3) is 0 Å². The molecule has 0 atom stereocenters. The third-order valence-corrected chi connectivity index (χ3v) is 3.66. The highest BCUT2D eigenvalue weighted by molar-refractivity contribution is 6.30. The van der Waals surface area contributed by atoms with Crippen molar-refractivity contribution < 1.29 is 4.79 Å². The van der Waals surface area contributed by atoms with Crippen LogP contribution in [0, 0.1) is 0 Å². The zero-order valence-corrected chi connectivity index (χ0v) is 12.8. The second kappa shape index (κ2) is 6.62. The fourth-order valence-electron chi connectivity index (χ4n) is 2.27. The van der Waals surface area contributed by atoms with Crippen molar-refractivity contribution in [1.29, 1.82) is 0 Å². The van der Waals surface area contributed by atoms with Gasteiger partial charge in [0, 0.05) is 23.8 Å². The summed E-state index contributed by atoms with van der Waals surface area (Å²) >= 11 is 5.93. The van der Waals surface area contributed by atoms with Crippen LogP contribution in [0.15, 0.2) is 54.9 Å². The topological polar surface area (TPSA) is 46.4 Å². The van der Waals surface area contributed by atoms with Crippen LogP contribution in [0.25, 0.3) is 5.65 Å². The molecule has 4 nitrogen and oxygen atoms in total. The monoisotopic (exact) mass is 313 g/mol. The lowest BCUT2D eigenvalue weighted by Crippen LogP contribution is -2.23. The fraction of sp³-hybridized carbons (Fsp3) is 0.176. The van der Waals surface area contributed by atoms with Crippen LogP contribution in [0.3, 0.4) is 0 Å². The minimum absolute atomic E-state index is 0.0268. The number of carbonyl (C=O) groups is 1. The van der Waals surface area contributed by atoms with Crippen molar-refractivity contribution in [2.75, 3.05) is 0 Å². The van der Waals surface area contributed by atoms with Crippen LogP contribution in [0.2, 0.25) is 5.02 Å². The Hall–Kier alpha value is -2.33. The standard InChI is InChI=1S/C17H16ClN3O/c18-14-8-9-21-12-15(20-16(21)10-14)11-19-17(22)7-6-13-4-2-1-3-5-13/h1-5,8-10,12H,6-7,11H2,(H,19,22). The van der Waals surface area contributed by atoms with Crippen LogP contribution >= 0.6 is 11.6 Å². The number of aromatic nitrogens is 2. The Morgan fingerprint density at radius 3 is 2.86 bits per heavy atom. The Bertz CT molecular complexity index is 783. The number of amides is 1. The summed E-state index contributed by atoms with van der Waals surface area (Å²) in [5, 5.41) is 3.55. The van der Waals surface area contributed by atoms with Gasteiger partial charge in [0.05, 0.1) is 12.2 Å². The van der Waals surface area contributed by atoms with Crippen LogP contribution in [0.1, 0.15) is 17.7 Å². The molecule has 0 aliphatic rings. The van der Waals surface area contributed by atoms with E-state index in [9.17, 15) is 4.79 Å². The first kappa shape index (κ1) is 14.6. The summed E-state index contributed by atoms with van der Waals surface area (Å²) in [5.41, 5.74) is 2.76. The summed E-state index contributed by atoms with van der Waals surface area (Å²) < 4.78 is 1.89. The number of nitrogens with zero attached hydrogens (tertiary/aromatic N) is 2. The number of aryl methyl sites for hydroxylation is 1. The molecule has 22 heavy (non-hydrogen) atoms. The molecule has 5 heteroatoms. The highest BCUT2D eigenvalue weighted by Crippen LogP contribution is 2.12. The molecule has 0 spiro atoms. The number of rotatable bonds is 5. The molecule has 1 amide bonds. The maximum Gasteiger partial charge on any atom is 0.220 e. The predicted molar refractivity (Wildman–Crippen MR) is 86.8 cm³/mol. The minimum atomic E-state index is 0.0268. The van der Waals surface area contributed by atoms with Gasteiger partial charge in [-0.2, -0.15) is 0 Å². The van der Waals surface area contributed by atoms with E-state index in [0.29, 0.717) is 18.0 Å². The van der Waals surface area contributed by atoms with Crippen molar-refractivity contribution >= 4 is 23.2 Å². The molecule has 0 fully saturated rings. The average molecular weight is 314 g/mol. The van der Waals surface area contributed by atoms with E-state index in [2.05, 4.69) is 10.3 Å². The van der Waals surface area contributed by atoms with Crippen LogP contribution in [-0.2, 0) is 17.8 Å². The highest BCUT2D eigenvalue weighted by atomic mass is 35.5. The van der Waals surface area contributed by atoms with E-state index in [1.807, 2.05) is 47.1 Å². The number of pyridine rings is 1. The van der Waals surface area contributed by atoms with Crippen molar-refractivity contribution in [3.63, 3.8) is 0 Å². The summed E-state index contributed by atoms with van der Waals surface area (Å²) in [6, 6.07) is 13.6. The average Bonchev–Trinajstić information content (AvgIpc) is 2.94. The number of hydrogen-bond acceptors (Lipinski definition) is 2. The van der Waals surface area contributed by atoms with E-state index in [1.54, 1.807) is 12.1 Å². The third kappa shape index (κ3) is 3.65. The van der Waals surface area contributed by atoms with Gasteiger partial charge < -0.3 is 9.72 Å². The smallest absolute Gasteiger partial charge is 0.220 e. The summed E-state index contributed by atoms with van der Waals surface area (Å²) in [7, 11) is 0. The molecule has 2 aromatic heterocycles. The van der Waals surface area contributed by atoms with E-state index in [0.717, 1.165) is 17.8 Å². The van der Waals surface area contributed by atoms with Gasteiger partial charge in [-0.3, -0.25) is 4.79 Å². The fourth-order valence-corrected chi connectivity index (χ4v) is 2.43. The molecular formula is C17H16ClN3O. The SMILES string of the molecule is O=C(CCc1ccccc1)NCc1cn2ccc(Cl)cc2n1. The number of carbonyl (C=O) groups excluding carboxylic acids is 1. The van der Waals surface area contributed by atoms with Gasteiger partial charge in [-0.05, 0) is 24.1 Å². The van der Waals surface area contributed by atoms with Crippen molar-refractivity contribution in [2.45, 2.75) is 19.4 Å². The molecule has 0 bridgehead atoms. The Kier molecular flexibility index (Phi) is 4.39. The molecule has 3 rings (SSSR count). The number of imidazole rings is 1. The number of nitrogens with one attached hydrogen (secondary N) is 1. The Morgan fingerprint density at radius 1 is 1.23 bits per heavy atom. The first-order valence-electron chi connectivity index (χ1n) is 7.14. The number of fused-ring (bicyclic) bond motifs is 1. The quantitative estimate of drug-likeness (QED) is 0.786. The second-order valence-corrected chi connectivity index (χ2v) is 5.54. The lowest BCUT2D eigenvalue weighted by atomic mass is 10.1. The molecule has 0 aliphatic carbocycles. The third-order valence-electron chi connectivity index (χ3n) is 3.42. The molecular weight excluding hydrogens is 298 g/mol. The van der Waals surface area contributed by atoms with E-state index in [4.69, 9.17) is 11.6 Å². The summed E-state index contributed by atoms with van der Waals surface area (Å²) in [6.45, 7) is 0.424. The summed E-state index contributed by atoms with van der Waals surface area (Å²) in [5.74, 6) is 0.0268. The van der Waals surface area contributed by atoms with Crippen LogP contribution < -0.4 is 5.32 Å². The summed E-state index contributed by atoms with van der Waals surface area (Å²) in [6.07, 6.45) is 4.96. The molecule has 1 N–H and O–H groups in total. The maximum absolute atomic E-state index is 11.9. The molecule has 0 aliphatic heterocycles. The van der Waals surface area contributed by atoms with Gasteiger partial charge in [0.15, 0.2) is 0 Å². The number of benzene rings is 1. The Labute approximate surface area is 133 Å². The van der Waals surface area contributed by atoms with Crippen LogP contribution in [0.5, 0.6) is 0 Å². The molecule has 0 unspecified atom stereocenters. The largest absolute Gasteiger partial charge is 0.350 e. The van der Waals surface area contributed by atoms with Crippen molar-refractivity contribution in [1.82, 2.24) is 14.7 Å². The first-order chi connectivity index (χ1) is 10.7. The van der Waals surface area contributed by atoms with Gasteiger partial charge in [-0.25, -0.2) is 4.98 Å². The molecule has 1 aromatic carbocycles. The minimum Gasteiger partial charge on any atom is -0.350 e. The highest BCUT2D eigenvalue weighted by Gasteiger charge is 2.05. The summed E-state index contributed by atoms with van der Waals surface area (Å²) in [4.78, 5) is 16.3. The maximum atomic E-state index is 11.9. The molecule has 2 heterocycles. The molecule has 0 saturated carbocycles. The van der Waals surface area contributed by atoms with E-state index >= 15 is 0 Å². The normalized spacial score (nSPS) is 10.8. The predicted octanol–water partition coefficient (Wildman–Crippen LogP) is 3.24. The van der Waals surface area contributed by atoms with Crippen molar-refractivity contribution in [2.24, 2.45) is 0 Å².